The smallest absolute Gasteiger partial charge is 0.360 e. The maximum Gasteiger partial charge on any atom is 0.433 e. The highest BCUT2D eigenvalue weighted by Gasteiger charge is 2.34. The summed E-state index contributed by atoms with van der Waals surface area (Å²) < 4.78 is 43.1. The van der Waals surface area contributed by atoms with Gasteiger partial charge in [0.25, 0.3) is 0 Å². The van der Waals surface area contributed by atoms with E-state index in [0.717, 1.165) is 12.1 Å². The molecule has 0 radical (unpaired) electrons. The van der Waals surface area contributed by atoms with Crippen molar-refractivity contribution in [3.05, 3.63) is 23.4 Å². The van der Waals surface area contributed by atoms with Gasteiger partial charge < -0.3 is 9.64 Å². The number of aromatic nitrogens is 1. The number of anilines is 1. The SMILES string of the molecule is N#Cc1ccc(C(F)(F)F)nc1N1CCOC(C#N)C1. The standard InChI is InChI=1S/C12H9F3N4O/c13-12(14,15)10-2-1-8(5-16)11(18-10)19-3-4-20-9(6-17)7-19/h1-2,9H,3-4,7H2. The number of rotatable bonds is 1. The summed E-state index contributed by atoms with van der Waals surface area (Å²) >= 11 is 0. The van der Waals surface area contributed by atoms with E-state index in [2.05, 4.69) is 4.98 Å². The molecule has 1 saturated heterocycles. The lowest BCUT2D eigenvalue weighted by Gasteiger charge is -2.31. The second-order valence-corrected chi connectivity index (χ2v) is 4.11. The third kappa shape index (κ3) is 2.81. The molecule has 1 aliphatic rings. The van der Waals surface area contributed by atoms with Crippen molar-refractivity contribution in [3.8, 4) is 12.1 Å². The molecule has 2 rings (SSSR count). The fourth-order valence-electron chi connectivity index (χ4n) is 1.85. The van der Waals surface area contributed by atoms with Crippen molar-refractivity contribution in [1.29, 1.82) is 10.5 Å². The van der Waals surface area contributed by atoms with E-state index in [9.17, 15) is 13.2 Å². The highest BCUT2D eigenvalue weighted by molar-refractivity contribution is 5.55. The molecule has 0 aromatic carbocycles. The molecule has 20 heavy (non-hydrogen) atoms. The number of pyridine rings is 1. The van der Waals surface area contributed by atoms with Crippen LogP contribution in [0.1, 0.15) is 11.3 Å². The molecule has 1 aromatic rings. The zero-order valence-corrected chi connectivity index (χ0v) is 10.2. The van der Waals surface area contributed by atoms with Crippen LogP contribution >= 0.6 is 0 Å². The highest BCUT2D eigenvalue weighted by Crippen LogP contribution is 2.30. The average molecular weight is 282 g/mol. The van der Waals surface area contributed by atoms with Gasteiger partial charge in [-0.1, -0.05) is 0 Å². The number of alkyl halides is 3. The molecule has 1 fully saturated rings. The molecule has 0 amide bonds. The molecule has 0 N–H and O–H groups in total. The molecule has 104 valence electrons. The minimum Gasteiger partial charge on any atom is -0.360 e. The predicted octanol–water partition coefficient (Wildman–Crippen LogP) is 1.70. The second-order valence-electron chi connectivity index (χ2n) is 4.11. The van der Waals surface area contributed by atoms with Gasteiger partial charge in [-0.15, -0.1) is 0 Å². The van der Waals surface area contributed by atoms with Gasteiger partial charge in [0.05, 0.1) is 24.8 Å². The second kappa shape index (κ2) is 5.35. The van der Waals surface area contributed by atoms with Crippen molar-refractivity contribution in [2.24, 2.45) is 0 Å². The van der Waals surface area contributed by atoms with Crippen LogP contribution in [-0.2, 0) is 10.9 Å². The Balaban J connectivity index is 2.39. The summed E-state index contributed by atoms with van der Waals surface area (Å²) in [5.74, 6) is -0.0640. The van der Waals surface area contributed by atoms with Gasteiger partial charge in [0.15, 0.2) is 6.10 Å². The van der Waals surface area contributed by atoms with Crippen LogP contribution < -0.4 is 4.90 Å². The lowest BCUT2D eigenvalue weighted by atomic mass is 10.2. The molecule has 0 spiro atoms. The van der Waals surface area contributed by atoms with Gasteiger partial charge in [-0.3, -0.25) is 0 Å². The summed E-state index contributed by atoms with van der Waals surface area (Å²) in [5, 5.41) is 17.8. The third-order valence-corrected chi connectivity index (χ3v) is 2.80. The average Bonchev–Trinajstić information content (AvgIpc) is 2.45. The summed E-state index contributed by atoms with van der Waals surface area (Å²) in [7, 11) is 0. The molecule has 5 nitrogen and oxygen atoms in total. The predicted molar refractivity (Wildman–Crippen MR) is 61.5 cm³/mol. The molecule has 1 aromatic heterocycles. The number of nitrogens with zero attached hydrogens (tertiary/aromatic N) is 4. The number of hydrogen-bond donors (Lipinski definition) is 0. The monoisotopic (exact) mass is 282 g/mol. The lowest BCUT2D eigenvalue weighted by molar-refractivity contribution is -0.141. The molecule has 8 heteroatoms. The van der Waals surface area contributed by atoms with E-state index in [1.165, 1.54) is 4.90 Å². The number of hydrogen-bond acceptors (Lipinski definition) is 5. The van der Waals surface area contributed by atoms with Gasteiger partial charge in [-0.2, -0.15) is 23.7 Å². The Kier molecular flexibility index (Phi) is 3.77. The van der Waals surface area contributed by atoms with Crippen LogP contribution in [0.2, 0.25) is 0 Å². The Morgan fingerprint density at radius 1 is 1.35 bits per heavy atom. The van der Waals surface area contributed by atoms with E-state index in [0.29, 0.717) is 0 Å². The Morgan fingerprint density at radius 3 is 2.70 bits per heavy atom. The van der Waals surface area contributed by atoms with Crippen molar-refractivity contribution in [1.82, 2.24) is 4.98 Å². The number of ether oxygens (including phenoxy) is 1. The van der Waals surface area contributed by atoms with E-state index < -0.39 is 18.0 Å². The first kappa shape index (κ1) is 14.1. The zero-order chi connectivity index (χ0) is 14.8. The molecule has 1 unspecified atom stereocenters. The first-order valence-corrected chi connectivity index (χ1v) is 5.70. The van der Waals surface area contributed by atoms with Crippen molar-refractivity contribution < 1.29 is 17.9 Å². The van der Waals surface area contributed by atoms with E-state index >= 15 is 0 Å². The Hall–Kier alpha value is -2.32. The first-order valence-electron chi connectivity index (χ1n) is 5.70. The van der Waals surface area contributed by atoms with Gasteiger partial charge in [0.2, 0.25) is 0 Å². The van der Waals surface area contributed by atoms with Crippen LogP contribution in [0.25, 0.3) is 0 Å². The van der Waals surface area contributed by atoms with Gasteiger partial charge in [-0.25, -0.2) is 4.98 Å². The fourth-order valence-corrected chi connectivity index (χ4v) is 1.85. The van der Waals surface area contributed by atoms with Crippen LogP contribution in [0.4, 0.5) is 19.0 Å². The van der Waals surface area contributed by atoms with Crippen molar-refractivity contribution in [2.45, 2.75) is 12.3 Å². The Bertz CT molecular complexity index is 588. The minimum atomic E-state index is -4.58. The molecule has 0 saturated carbocycles. The van der Waals surface area contributed by atoms with Gasteiger partial charge >= 0.3 is 6.18 Å². The zero-order valence-electron chi connectivity index (χ0n) is 10.2. The molecular formula is C12H9F3N4O. The molecule has 0 bridgehead atoms. The minimum absolute atomic E-state index is 0.0385. The Morgan fingerprint density at radius 2 is 2.10 bits per heavy atom. The largest absolute Gasteiger partial charge is 0.433 e. The normalized spacial score (nSPS) is 19.2. The van der Waals surface area contributed by atoms with Gasteiger partial charge in [-0.05, 0) is 12.1 Å². The summed E-state index contributed by atoms with van der Waals surface area (Å²) in [6.45, 7) is 0.557. The molecule has 0 aliphatic carbocycles. The summed E-state index contributed by atoms with van der Waals surface area (Å²) in [6.07, 6.45) is -5.32. The first-order chi connectivity index (χ1) is 9.45. The molecule has 2 heterocycles. The van der Waals surface area contributed by atoms with Crippen LogP contribution in [-0.4, -0.2) is 30.8 Å². The lowest BCUT2D eigenvalue weighted by Crippen LogP contribution is -2.42. The van der Waals surface area contributed by atoms with Crippen molar-refractivity contribution in [3.63, 3.8) is 0 Å². The Labute approximate surface area is 112 Å². The van der Waals surface area contributed by atoms with Gasteiger partial charge in [0.1, 0.15) is 17.6 Å². The molecule has 1 aliphatic heterocycles. The third-order valence-electron chi connectivity index (χ3n) is 2.80. The van der Waals surface area contributed by atoms with Crippen LogP contribution in [0.5, 0.6) is 0 Å². The van der Waals surface area contributed by atoms with Crippen LogP contribution in [0, 0.1) is 22.7 Å². The van der Waals surface area contributed by atoms with Crippen molar-refractivity contribution in [2.75, 3.05) is 24.6 Å². The van der Waals surface area contributed by atoms with Gasteiger partial charge in [0, 0.05) is 6.54 Å². The van der Waals surface area contributed by atoms with E-state index in [-0.39, 0.29) is 31.1 Å². The maximum atomic E-state index is 12.7. The summed E-state index contributed by atoms with van der Waals surface area (Å²) in [4.78, 5) is 4.98. The number of halogens is 3. The fraction of sp³-hybridized carbons (Fsp3) is 0.417. The number of morpholine rings is 1. The van der Waals surface area contributed by atoms with Crippen molar-refractivity contribution >= 4 is 5.82 Å². The van der Waals surface area contributed by atoms with Crippen LogP contribution in [0.15, 0.2) is 12.1 Å². The highest BCUT2D eigenvalue weighted by atomic mass is 19.4. The molecule has 1 atom stereocenters. The van der Waals surface area contributed by atoms with E-state index in [1.807, 2.05) is 12.1 Å². The number of nitriles is 2. The summed E-state index contributed by atoms with van der Waals surface area (Å²) in [6, 6.07) is 5.55. The van der Waals surface area contributed by atoms with Crippen LogP contribution in [0.3, 0.4) is 0 Å². The maximum absolute atomic E-state index is 12.7. The van der Waals surface area contributed by atoms with E-state index in [4.69, 9.17) is 15.3 Å². The van der Waals surface area contributed by atoms with E-state index in [1.54, 1.807) is 0 Å². The topological polar surface area (TPSA) is 72.9 Å². The molecular weight excluding hydrogens is 273 g/mol. The quantitative estimate of drug-likeness (QED) is 0.783. The summed E-state index contributed by atoms with van der Waals surface area (Å²) in [5.41, 5.74) is -1.02.